The summed E-state index contributed by atoms with van der Waals surface area (Å²) in [5.41, 5.74) is 0.769. The molecular formula is C14H14BBrN2O2S. The number of hydrogen-bond donors (Lipinski definition) is 0. The second kappa shape index (κ2) is 6.45. The number of pyridine rings is 1. The molecule has 0 saturated carbocycles. The summed E-state index contributed by atoms with van der Waals surface area (Å²) in [6.07, 6.45) is 3.13. The average molecular weight is 365 g/mol. The molecule has 108 valence electrons. The van der Waals surface area contributed by atoms with Gasteiger partial charge in [0.2, 0.25) is 0 Å². The number of nitrogens with zero attached hydrogens (tertiary/aromatic N) is 2. The van der Waals surface area contributed by atoms with E-state index < -0.39 is 10.0 Å². The van der Waals surface area contributed by atoms with E-state index in [-0.39, 0.29) is 11.4 Å². The van der Waals surface area contributed by atoms with Crippen molar-refractivity contribution in [3.05, 3.63) is 59.7 Å². The number of anilines is 1. The molecular weight excluding hydrogens is 351 g/mol. The first-order valence-electron chi connectivity index (χ1n) is 6.27. The number of aromatic nitrogens is 1. The zero-order valence-electron chi connectivity index (χ0n) is 11.5. The molecule has 0 unspecified atom stereocenters. The lowest BCUT2D eigenvalue weighted by molar-refractivity contribution is 0.592. The van der Waals surface area contributed by atoms with Gasteiger partial charge in [0.1, 0.15) is 13.7 Å². The van der Waals surface area contributed by atoms with Gasteiger partial charge in [0.05, 0.1) is 11.4 Å². The predicted molar refractivity (Wildman–Crippen MR) is 91.3 cm³/mol. The number of benzene rings is 1. The third-order valence-electron chi connectivity index (χ3n) is 2.88. The summed E-state index contributed by atoms with van der Waals surface area (Å²) < 4.78 is 27.6. The van der Waals surface area contributed by atoms with Crippen LogP contribution in [-0.2, 0) is 10.0 Å². The quantitative estimate of drug-likeness (QED) is 0.596. The number of hydrogen-bond acceptors (Lipinski definition) is 3. The van der Waals surface area contributed by atoms with Gasteiger partial charge in [0, 0.05) is 10.7 Å². The molecule has 0 radical (unpaired) electrons. The second-order valence-electron chi connectivity index (χ2n) is 4.43. The lowest BCUT2D eigenvalue weighted by Crippen LogP contribution is -2.35. The van der Waals surface area contributed by atoms with Crippen LogP contribution in [-0.4, -0.2) is 27.8 Å². The summed E-state index contributed by atoms with van der Waals surface area (Å²) in [6.45, 7) is 3.80. The molecule has 1 aromatic carbocycles. The monoisotopic (exact) mass is 364 g/mol. The first-order chi connectivity index (χ1) is 9.96. The van der Waals surface area contributed by atoms with Crippen LogP contribution >= 0.6 is 15.9 Å². The summed E-state index contributed by atoms with van der Waals surface area (Å²) >= 11 is 3.33. The fraction of sp³-hybridized carbons (Fsp3) is 0.0714. The highest BCUT2D eigenvalue weighted by Crippen LogP contribution is 2.21. The van der Waals surface area contributed by atoms with Gasteiger partial charge in [-0.25, -0.2) is 17.7 Å². The Labute approximate surface area is 134 Å². The minimum atomic E-state index is -3.67. The Morgan fingerprint density at radius 2 is 2.00 bits per heavy atom. The van der Waals surface area contributed by atoms with Crippen LogP contribution in [0.4, 0.5) is 5.82 Å². The molecule has 0 aliphatic heterocycles. The maximum absolute atomic E-state index is 12.8. The summed E-state index contributed by atoms with van der Waals surface area (Å²) in [5.74, 6) is 0.405. The third kappa shape index (κ3) is 3.36. The van der Waals surface area contributed by atoms with Gasteiger partial charge in [-0.05, 0) is 39.6 Å². The van der Waals surface area contributed by atoms with Crippen LogP contribution in [0.3, 0.4) is 0 Å². The molecule has 1 heterocycles. The van der Waals surface area contributed by atoms with Crippen LogP contribution in [0.1, 0.15) is 0 Å². The molecule has 0 N–H and O–H groups in total. The van der Waals surface area contributed by atoms with E-state index in [0.717, 1.165) is 9.94 Å². The largest absolute Gasteiger partial charge is 0.265 e. The Morgan fingerprint density at radius 1 is 1.33 bits per heavy atom. The van der Waals surface area contributed by atoms with Crippen molar-refractivity contribution < 1.29 is 8.42 Å². The average Bonchev–Trinajstić information content (AvgIpc) is 2.46. The van der Waals surface area contributed by atoms with Crippen molar-refractivity contribution in [1.82, 2.24) is 4.98 Å². The molecule has 0 fully saturated rings. The highest BCUT2D eigenvalue weighted by atomic mass is 79.9. The lowest BCUT2D eigenvalue weighted by Gasteiger charge is -2.23. The van der Waals surface area contributed by atoms with Crippen molar-refractivity contribution in [3.8, 4) is 0 Å². The summed E-state index contributed by atoms with van der Waals surface area (Å²) in [5, 5.41) is 0. The van der Waals surface area contributed by atoms with Crippen molar-refractivity contribution in [1.29, 1.82) is 0 Å². The Hall–Kier alpha value is -1.60. The SMILES string of the molecule is Bc1cc(Br)cnc1N(CC=C)S(=O)(=O)c1ccccc1. The van der Waals surface area contributed by atoms with E-state index in [1.165, 1.54) is 4.31 Å². The zero-order valence-corrected chi connectivity index (χ0v) is 13.9. The maximum Gasteiger partial charge on any atom is 0.265 e. The molecule has 0 atom stereocenters. The topological polar surface area (TPSA) is 50.3 Å². The van der Waals surface area contributed by atoms with Gasteiger partial charge in [-0.15, -0.1) is 6.58 Å². The highest BCUT2D eigenvalue weighted by Gasteiger charge is 2.25. The van der Waals surface area contributed by atoms with Gasteiger partial charge in [-0.2, -0.15) is 0 Å². The fourth-order valence-electron chi connectivity index (χ4n) is 1.93. The van der Waals surface area contributed by atoms with Crippen LogP contribution in [0.15, 0.2) is 64.6 Å². The normalized spacial score (nSPS) is 11.1. The minimum absolute atomic E-state index is 0.159. The van der Waals surface area contributed by atoms with Crippen molar-refractivity contribution >= 4 is 45.1 Å². The molecule has 0 amide bonds. The van der Waals surface area contributed by atoms with E-state index in [0.29, 0.717) is 5.82 Å². The van der Waals surface area contributed by atoms with Gasteiger partial charge in [-0.3, -0.25) is 0 Å². The molecule has 21 heavy (non-hydrogen) atoms. The molecule has 0 bridgehead atoms. The molecule has 7 heteroatoms. The van der Waals surface area contributed by atoms with Crippen molar-refractivity contribution in [2.75, 3.05) is 10.8 Å². The van der Waals surface area contributed by atoms with Crippen LogP contribution < -0.4 is 9.77 Å². The van der Waals surface area contributed by atoms with Crippen LogP contribution in [0.2, 0.25) is 0 Å². The number of sulfonamides is 1. The Bertz CT molecular complexity index is 751. The standard InChI is InChI=1S/C14H14BBrN2O2S/c1-2-8-18(14-13(15)9-11(16)10-17-14)21(19,20)12-6-4-3-5-7-12/h2-7,9-10H,1,8,15H2. The van der Waals surface area contributed by atoms with Crippen molar-refractivity contribution in [2.24, 2.45) is 0 Å². The molecule has 0 spiro atoms. The van der Waals surface area contributed by atoms with E-state index in [1.54, 1.807) is 42.6 Å². The number of halogens is 1. The fourth-order valence-corrected chi connectivity index (χ4v) is 3.85. The minimum Gasteiger partial charge on any atom is -0.246 e. The molecule has 2 rings (SSSR count). The molecule has 1 aromatic heterocycles. The van der Waals surface area contributed by atoms with Crippen molar-refractivity contribution in [2.45, 2.75) is 4.90 Å². The van der Waals surface area contributed by atoms with E-state index in [9.17, 15) is 8.42 Å². The van der Waals surface area contributed by atoms with Gasteiger partial charge < -0.3 is 0 Å². The van der Waals surface area contributed by atoms with Gasteiger partial charge in [0.25, 0.3) is 10.0 Å². The second-order valence-corrected chi connectivity index (χ2v) is 7.21. The van der Waals surface area contributed by atoms with E-state index >= 15 is 0 Å². The molecule has 0 aliphatic carbocycles. The third-order valence-corrected chi connectivity index (χ3v) is 5.08. The van der Waals surface area contributed by atoms with Crippen LogP contribution in [0.5, 0.6) is 0 Å². The highest BCUT2D eigenvalue weighted by molar-refractivity contribution is 9.10. The summed E-state index contributed by atoms with van der Waals surface area (Å²) in [7, 11) is -1.84. The van der Waals surface area contributed by atoms with Crippen LogP contribution in [0.25, 0.3) is 0 Å². The van der Waals surface area contributed by atoms with Crippen LogP contribution in [0, 0.1) is 0 Å². The lowest BCUT2D eigenvalue weighted by atomic mass is 9.97. The molecule has 4 nitrogen and oxygen atoms in total. The molecule has 2 aromatic rings. The molecule has 0 aliphatic rings. The smallest absolute Gasteiger partial charge is 0.246 e. The van der Waals surface area contributed by atoms with E-state index in [4.69, 9.17) is 0 Å². The number of rotatable bonds is 5. The predicted octanol–water partition coefficient (Wildman–Crippen LogP) is 1.48. The zero-order chi connectivity index (χ0) is 15.5. The maximum atomic E-state index is 12.8. The Balaban J connectivity index is 2.56. The molecule has 0 saturated heterocycles. The van der Waals surface area contributed by atoms with Gasteiger partial charge in [-0.1, -0.05) is 24.3 Å². The van der Waals surface area contributed by atoms with Gasteiger partial charge in [0.15, 0.2) is 0 Å². The van der Waals surface area contributed by atoms with E-state index in [2.05, 4.69) is 27.5 Å². The summed E-state index contributed by atoms with van der Waals surface area (Å²) in [4.78, 5) is 4.47. The first-order valence-corrected chi connectivity index (χ1v) is 8.51. The Morgan fingerprint density at radius 3 is 2.57 bits per heavy atom. The first kappa shape index (κ1) is 15.8. The van der Waals surface area contributed by atoms with E-state index in [1.807, 2.05) is 13.9 Å². The van der Waals surface area contributed by atoms with Crippen molar-refractivity contribution in [3.63, 3.8) is 0 Å². The summed E-state index contributed by atoms with van der Waals surface area (Å²) in [6, 6.07) is 10.1. The van der Waals surface area contributed by atoms with Gasteiger partial charge >= 0.3 is 0 Å². The Kier molecular flexibility index (Phi) is 4.85.